The van der Waals surface area contributed by atoms with Gasteiger partial charge in [0, 0.05) is 47.0 Å². The van der Waals surface area contributed by atoms with Gasteiger partial charge in [-0.2, -0.15) is 0 Å². The summed E-state index contributed by atoms with van der Waals surface area (Å²) in [5.41, 5.74) is 10.7. The van der Waals surface area contributed by atoms with Gasteiger partial charge in [-0.05, 0) is 98.8 Å². The predicted molar refractivity (Wildman–Crippen MR) is 241 cm³/mol. The number of hydrogen-bond donors (Lipinski definition) is 0. The van der Waals surface area contributed by atoms with Gasteiger partial charge >= 0.3 is 0 Å². The predicted octanol–water partition coefficient (Wildman–Crippen LogP) is 16.0. The molecule has 0 N–H and O–H groups in total. The second-order valence-corrected chi connectivity index (χ2v) is 16.2. The van der Waals surface area contributed by atoms with Crippen molar-refractivity contribution in [1.82, 2.24) is 0 Å². The van der Waals surface area contributed by atoms with Crippen LogP contribution in [0.2, 0.25) is 0 Å². The average molecular weight is 736 g/mol. The van der Waals surface area contributed by atoms with Crippen molar-refractivity contribution in [3.63, 3.8) is 0 Å². The van der Waals surface area contributed by atoms with Crippen molar-refractivity contribution in [1.29, 1.82) is 0 Å². The van der Waals surface area contributed by atoms with Crippen LogP contribution in [-0.4, -0.2) is 0 Å². The van der Waals surface area contributed by atoms with Crippen molar-refractivity contribution in [2.75, 3.05) is 4.90 Å². The number of fused-ring (bicyclic) bond motifs is 7. The van der Waals surface area contributed by atoms with Gasteiger partial charge in [0.25, 0.3) is 0 Å². The Bertz CT molecular complexity index is 3200. The molecule has 258 valence electrons. The maximum atomic E-state index is 2.46. The van der Waals surface area contributed by atoms with E-state index in [0.29, 0.717) is 0 Å². The van der Waals surface area contributed by atoms with Crippen LogP contribution in [0.4, 0.5) is 17.1 Å². The molecule has 2 aromatic heterocycles. The second kappa shape index (κ2) is 13.1. The first kappa shape index (κ1) is 32.0. The summed E-state index contributed by atoms with van der Waals surface area (Å²) in [7, 11) is 0. The minimum absolute atomic E-state index is 1.12. The molecule has 0 radical (unpaired) electrons. The van der Waals surface area contributed by atoms with E-state index in [4.69, 9.17) is 0 Å². The first-order valence-corrected chi connectivity index (χ1v) is 20.3. The quantitative estimate of drug-likeness (QED) is 0.164. The summed E-state index contributed by atoms with van der Waals surface area (Å²) < 4.78 is 5.22. The van der Waals surface area contributed by atoms with Crippen LogP contribution in [0.5, 0.6) is 0 Å². The van der Waals surface area contributed by atoms with Crippen molar-refractivity contribution in [3.05, 3.63) is 200 Å². The van der Waals surface area contributed by atoms with E-state index in [0.717, 1.165) is 11.4 Å². The van der Waals surface area contributed by atoms with E-state index in [-0.39, 0.29) is 0 Å². The molecular weight excluding hydrogens is 703 g/mol. The van der Waals surface area contributed by atoms with Crippen LogP contribution >= 0.6 is 22.7 Å². The lowest BCUT2D eigenvalue weighted by Crippen LogP contribution is -2.10. The third-order valence-electron chi connectivity index (χ3n) is 10.9. The molecule has 0 bridgehead atoms. The fourth-order valence-corrected chi connectivity index (χ4v) is 10.6. The van der Waals surface area contributed by atoms with Gasteiger partial charge in [0.2, 0.25) is 0 Å². The number of anilines is 3. The minimum atomic E-state index is 1.12. The molecule has 9 aromatic carbocycles. The Labute approximate surface area is 327 Å². The highest BCUT2D eigenvalue weighted by Gasteiger charge is 2.21. The highest BCUT2D eigenvalue weighted by Crippen LogP contribution is 2.48. The van der Waals surface area contributed by atoms with Gasteiger partial charge in [0.05, 0.1) is 10.4 Å². The number of thiophene rings is 2. The summed E-state index contributed by atoms with van der Waals surface area (Å²) in [6.07, 6.45) is 0. The van der Waals surface area contributed by atoms with E-state index >= 15 is 0 Å². The van der Waals surface area contributed by atoms with Crippen molar-refractivity contribution in [2.45, 2.75) is 0 Å². The zero-order valence-corrected chi connectivity index (χ0v) is 31.4. The fraction of sp³-hybridized carbons (Fsp3) is 0. The highest BCUT2D eigenvalue weighted by atomic mass is 32.1. The molecule has 0 fully saturated rings. The third kappa shape index (κ3) is 5.43. The van der Waals surface area contributed by atoms with E-state index in [1.807, 2.05) is 22.7 Å². The maximum absolute atomic E-state index is 2.46. The lowest BCUT2D eigenvalue weighted by atomic mass is 9.90. The van der Waals surface area contributed by atoms with Crippen molar-refractivity contribution < 1.29 is 0 Å². The van der Waals surface area contributed by atoms with Gasteiger partial charge < -0.3 is 4.90 Å². The molecule has 0 atom stereocenters. The van der Waals surface area contributed by atoms with Crippen LogP contribution in [0.1, 0.15) is 0 Å². The Morgan fingerprint density at radius 1 is 0.309 bits per heavy atom. The lowest BCUT2D eigenvalue weighted by molar-refractivity contribution is 1.30. The van der Waals surface area contributed by atoms with Crippen molar-refractivity contribution >= 4 is 90.9 Å². The maximum Gasteiger partial charge on any atom is 0.0640 e. The van der Waals surface area contributed by atoms with E-state index in [2.05, 4.69) is 205 Å². The summed E-state index contributed by atoms with van der Waals surface area (Å²) in [4.78, 5) is 2.46. The normalized spacial score (nSPS) is 11.6. The van der Waals surface area contributed by atoms with Crippen LogP contribution in [0, 0.1) is 0 Å². The molecule has 11 rings (SSSR count). The molecule has 1 nitrogen and oxygen atoms in total. The topological polar surface area (TPSA) is 3.24 Å². The summed E-state index contributed by atoms with van der Waals surface area (Å²) in [6, 6.07) is 73.5. The zero-order chi connectivity index (χ0) is 36.3. The molecular formula is C52H33NS2. The number of hydrogen-bond acceptors (Lipinski definition) is 3. The number of benzene rings is 9. The van der Waals surface area contributed by atoms with Gasteiger partial charge in [-0.3, -0.25) is 0 Å². The second-order valence-electron chi connectivity index (χ2n) is 14.1. The van der Waals surface area contributed by atoms with Crippen LogP contribution < -0.4 is 4.90 Å². The third-order valence-corrected chi connectivity index (χ3v) is 13.2. The summed E-state index contributed by atoms with van der Waals surface area (Å²) in [5.74, 6) is 0. The van der Waals surface area contributed by atoms with Crippen molar-refractivity contribution in [2.24, 2.45) is 0 Å². The standard InChI is InChI=1S/C52H33NS2/c1-2-12-34(13-3-1)35-24-27-38(28-25-35)53(48-21-11-20-45-43-17-6-9-23-50(43)55-52(45)48)39-29-30-41(46(33-39)42-19-10-15-36-14-4-5-16-40(36)42)37-26-31-51-47(32-37)44-18-7-8-22-49(44)54-51/h1-33H. The van der Waals surface area contributed by atoms with E-state index in [9.17, 15) is 0 Å². The summed E-state index contributed by atoms with van der Waals surface area (Å²) in [5, 5.41) is 7.68. The highest BCUT2D eigenvalue weighted by molar-refractivity contribution is 7.26. The Morgan fingerprint density at radius 2 is 0.909 bits per heavy atom. The molecule has 11 aromatic rings. The van der Waals surface area contributed by atoms with Gasteiger partial charge in [-0.15, -0.1) is 22.7 Å². The smallest absolute Gasteiger partial charge is 0.0640 e. The minimum Gasteiger partial charge on any atom is -0.309 e. The molecule has 0 aliphatic rings. The molecule has 0 aliphatic heterocycles. The Hall–Kier alpha value is -6.52. The van der Waals surface area contributed by atoms with E-state index < -0.39 is 0 Å². The molecule has 2 heterocycles. The number of nitrogens with zero attached hydrogens (tertiary/aromatic N) is 1. The molecule has 0 unspecified atom stereocenters. The molecule has 3 heteroatoms. The van der Waals surface area contributed by atoms with Crippen molar-refractivity contribution in [3.8, 4) is 33.4 Å². The largest absolute Gasteiger partial charge is 0.309 e. The van der Waals surface area contributed by atoms with Gasteiger partial charge in [-0.1, -0.05) is 146 Å². The van der Waals surface area contributed by atoms with Crippen LogP contribution in [0.25, 0.3) is 84.5 Å². The first-order chi connectivity index (χ1) is 27.3. The molecule has 0 amide bonds. The SMILES string of the molecule is c1ccc(-c2ccc(N(c3ccc(-c4ccc5sc6ccccc6c5c4)c(-c4cccc5ccccc45)c3)c3cccc4c3sc3ccccc34)cc2)cc1. The average Bonchev–Trinajstić information content (AvgIpc) is 3.83. The van der Waals surface area contributed by atoms with Crippen LogP contribution in [-0.2, 0) is 0 Å². The van der Waals surface area contributed by atoms with Gasteiger partial charge in [0.1, 0.15) is 0 Å². The van der Waals surface area contributed by atoms with Crippen LogP contribution in [0.3, 0.4) is 0 Å². The van der Waals surface area contributed by atoms with E-state index in [1.54, 1.807) is 0 Å². The fourth-order valence-electron chi connectivity index (χ4n) is 8.27. The zero-order valence-electron chi connectivity index (χ0n) is 29.8. The molecule has 0 saturated carbocycles. The molecule has 0 saturated heterocycles. The Morgan fingerprint density at radius 3 is 1.75 bits per heavy atom. The Kier molecular flexibility index (Phi) is 7.61. The lowest BCUT2D eigenvalue weighted by Gasteiger charge is -2.28. The molecule has 0 aliphatic carbocycles. The van der Waals surface area contributed by atoms with Gasteiger partial charge in [-0.25, -0.2) is 0 Å². The first-order valence-electron chi connectivity index (χ1n) is 18.7. The van der Waals surface area contributed by atoms with Gasteiger partial charge in [0.15, 0.2) is 0 Å². The van der Waals surface area contributed by atoms with Crippen LogP contribution in [0.15, 0.2) is 200 Å². The summed E-state index contributed by atoms with van der Waals surface area (Å²) >= 11 is 3.74. The molecule has 55 heavy (non-hydrogen) atoms. The monoisotopic (exact) mass is 735 g/mol. The Balaban J connectivity index is 1.17. The summed E-state index contributed by atoms with van der Waals surface area (Å²) in [6.45, 7) is 0. The van der Waals surface area contributed by atoms with E-state index in [1.165, 1.54) is 90.2 Å². The number of rotatable bonds is 6. The molecule has 0 spiro atoms.